The molecule has 0 heterocycles. The molecule has 1 aromatic rings. The van der Waals surface area contributed by atoms with Gasteiger partial charge in [0.2, 0.25) is 0 Å². The van der Waals surface area contributed by atoms with Gasteiger partial charge >= 0.3 is 0 Å². The van der Waals surface area contributed by atoms with Gasteiger partial charge < -0.3 is 5.32 Å². The number of hydrogen-bond acceptors (Lipinski definition) is 1. The number of benzene rings is 1. The van der Waals surface area contributed by atoms with Crippen LogP contribution in [0.15, 0.2) is 30.4 Å². The van der Waals surface area contributed by atoms with E-state index in [0.717, 1.165) is 5.02 Å². The summed E-state index contributed by atoms with van der Waals surface area (Å²) in [6.45, 7) is 0. The van der Waals surface area contributed by atoms with Gasteiger partial charge in [0.25, 0.3) is 0 Å². The van der Waals surface area contributed by atoms with E-state index in [1.807, 2.05) is 12.1 Å². The lowest BCUT2D eigenvalue weighted by Crippen LogP contribution is -2.18. The Bertz CT molecular complexity index is 403. The lowest BCUT2D eigenvalue weighted by Gasteiger charge is -2.19. The molecule has 2 rings (SSSR count). The summed E-state index contributed by atoms with van der Waals surface area (Å²) in [4.78, 5) is 0. The second-order valence-electron chi connectivity index (χ2n) is 4.44. The van der Waals surface area contributed by atoms with E-state index in [1.165, 1.54) is 41.4 Å². The second kappa shape index (κ2) is 6.64. The number of halogens is 2. The van der Waals surface area contributed by atoms with E-state index in [9.17, 15) is 0 Å². The maximum atomic E-state index is 5.96. The third-order valence-corrected chi connectivity index (χ3v) is 4.15. The van der Waals surface area contributed by atoms with Crippen LogP contribution >= 0.6 is 34.2 Å². The van der Waals surface area contributed by atoms with Crippen molar-refractivity contribution < 1.29 is 0 Å². The third-order valence-electron chi connectivity index (χ3n) is 3.03. The number of hydrogen-bond donors (Lipinski definition) is 1. The van der Waals surface area contributed by atoms with E-state index in [0.29, 0.717) is 6.04 Å². The van der Waals surface area contributed by atoms with Crippen LogP contribution in [0.1, 0.15) is 32.1 Å². The molecule has 0 spiro atoms. The molecule has 0 aliphatic heterocycles. The van der Waals surface area contributed by atoms with Crippen molar-refractivity contribution in [3.63, 3.8) is 0 Å². The van der Waals surface area contributed by atoms with Crippen LogP contribution in [0, 0.1) is 3.57 Å². The lowest BCUT2D eigenvalue weighted by atomic mass is 10.0. The van der Waals surface area contributed by atoms with E-state index < -0.39 is 0 Å². The summed E-state index contributed by atoms with van der Waals surface area (Å²) < 4.78 is 1.19. The van der Waals surface area contributed by atoms with E-state index in [1.54, 1.807) is 0 Å². The summed E-state index contributed by atoms with van der Waals surface area (Å²) in [5.74, 6) is 0. The molecule has 1 nitrogen and oxygen atoms in total. The smallest absolute Gasteiger partial charge is 0.0481 e. The first kappa shape index (κ1) is 13.2. The molecule has 17 heavy (non-hydrogen) atoms. The van der Waals surface area contributed by atoms with Crippen molar-refractivity contribution in [3.8, 4) is 0 Å². The first-order chi connectivity index (χ1) is 8.25. The molecule has 0 fully saturated rings. The maximum Gasteiger partial charge on any atom is 0.0481 e. The minimum absolute atomic E-state index is 0.463. The topological polar surface area (TPSA) is 12.0 Å². The fourth-order valence-corrected chi connectivity index (χ4v) is 3.11. The van der Waals surface area contributed by atoms with Crippen molar-refractivity contribution in [3.05, 3.63) is 38.9 Å². The fraction of sp³-hybridized carbons (Fsp3) is 0.429. The highest BCUT2D eigenvalue weighted by Crippen LogP contribution is 2.24. The molecule has 1 atom stereocenters. The van der Waals surface area contributed by atoms with Crippen LogP contribution in [-0.2, 0) is 0 Å². The summed E-state index contributed by atoms with van der Waals surface area (Å²) in [5, 5.41) is 4.39. The molecule has 92 valence electrons. The zero-order chi connectivity index (χ0) is 12.1. The van der Waals surface area contributed by atoms with Crippen molar-refractivity contribution in [2.24, 2.45) is 0 Å². The normalized spacial score (nSPS) is 22.6. The van der Waals surface area contributed by atoms with Crippen LogP contribution in [-0.4, -0.2) is 6.04 Å². The molecule has 0 bridgehead atoms. The van der Waals surface area contributed by atoms with Crippen LogP contribution in [0.5, 0.6) is 0 Å². The molecule has 0 amide bonds. The zero-order valence-electron chi connectivity index (χ0n) is 9.76. The van der Waals surface area contributed by atoms with Crippen LogP contribution in [0.3, 0.4) is 0 Å². The Morgan fingerprint density at radius 3 is 2.94 bits per heavy atom. The molecule has 1 aromatic carbocycles. The zero-order valence-corrected chi connectivity index (χ0v) is 12.7. The average Bonchev–Trinajstić information content (AvgIpc) is 2.25. The van der Waals surface area contributed by atoms with Crippen LogP contribution < -0.4 is 5.32 Å². The highest BCUT2D eigenvalue weighted by atomic mass is 127. The van der Waals surface area contributed by atoms with E-state index in [4.69, 9.17) is 11.6 Å². The van der Waals surface area contributed by atoms with Gasteiger partial charge in [-0.05, 0) is 60.1 Å². The van der Waals surface area contributed by atoms with Gasteiger partial charge in [-0.3, -0.25) is 0 Å². The van der Waals surface area contributed by atoms with Crippen LogP contribution in [0.25, 0.3) is 0 Å². The fourth-order valence-electron chi connectivity index (χ4n) is 2.09. The van der Waals surface area contributed by atoms with E-state index in [2.05, 4.69) is 46.1 Å². The van der Waals surface area contributed by atoms with Gasteiger partial charge in [-0.2, -0.15) is 0 Å². The molecule has 0 saturated carbocycles. The maximum absolute atomic E-state index is 5.96. The van der Waals surface area contributed by atoms with Crippen molar-refractivity contribution in [2.75, 3.05) is 5.32 Å². The SMILES string of the molecule is Clc1ccc(NC2/C=C/CCCCC2)c(I)c1. The molecule has 1 aliphatic carbocycles. The summed E-state index contributed by atoms with van der Waals surface area (Å²) in [6.07, 6.45) is 11.0. The Labute approximate surface area is 122 Å². The number of nitrogens with one attached hydrogen (secondary N) is 1. The standard InChI is InChI=1S/C14H17ClIN/c15-11-8-9-14(13(16)10-11)17-12-6-4-2-1-3-5-7-12/h4,6,8-10,12,17H,1-3,5,7H2/b6-4+. The van der Waals surface area contributed by atoms with Crippen molar-refractivity contribution >= 4 is 39.9 Å². The van der Waals surface area contributed by atoms with Gasteiger partial charge in [0.05, 0.1) is 0 Å². The predicted molar refractivity (Wildman–Crippen MR) is 83.8 cm³/mol. The minimum Gasteiger partial charge on any atom is -0.378 e. The Hall–Kier alpha value is -0.220. The van der Waals surface area contributed by atoms with Gasteiger partial charge in [-0.25, -0.2) is 0 Å². The summed E-state index contributed by atoms with van der Waals surface area (Å²) in [6, 6.07) is 6.47. The Kier molecular flexibility index (Phi) is 5.16. The Balaban J connectivity index is 2.05. The molecular formula is C14H17ClIN. The molecular weight excluding hydrogens is 345 g/mol. The number of rotatable bonds is 2. The Morgan fingerprint density at radius 2 is 2.12 bits per heavy atom. The molecule has 3 heteroatoms. The van der Waals surface area contributed by atoms with Gasteiger partial charge in [0, 0.05) is 20.3 Å². The molecule has 1 unspecified atom stereocenters. The van der Waals surface area contributed by atoms with Gasteiger partial charge in [-0.1, -0.05) is 36.6 Å². The predicted octanol–water partition coefficient (Wildman–Crippen LogP) is 5.25. The van der Waals surface area contributed by atoms with Crippen LogP contribution in [0.2, 0.25) is 5.02 Å². The molecule has 0 saturated heterocycles. The first-order valence-electron chi connectivity index (χ1n) is 6.14. The molecule has 0 radical (unpaired) electrons. The van der Waals surface area contributed by atoms with Crippen molar-refractivity contribution in [1.82, 2.24) is 0 Å². The van der Waals surface area contributed by atoms with Gasteiger partial charge in [-0.15, -0.1) is 0 Å². The summed E-state index contributed by atoms with van der Waals surface area (Å²) in [7, 11) is 0. The van der Waals surface area contributed by atoms with Gasteiger partial charge in [0.15, 0.2) is 0 Å². The molecule has 1 N–H and O–H groups in total. The van der Waals surface area contributed by atoms with Gasteiger partial charge in [0.1, 0.15) is 0 Å². The van der Waals surface area contributed by atoms with Crippen molar-refractivity contribution in [2.45, 2.75) is 38.1 Å². The number of allylic oxidation sites excluding steroid dienone is 1. The largest absolute Gasteiger partial charge is 0.378 e. The van der Waals surface area contributed by atoms with Crippen LogP contribution in [0.4, 0.5) is 5.69 Å². The first-order valence-corrected chi connectivity index (χ1v) is 7.59. The Morgan fingerprint density at radius 1 is 1.24 bits per heavy atom. The quantitative estimate of drug-likeness (QED) is 0.561. The average molecular weight is 362 g/mol. The molecule has 0 aromatic heterocycles. The van der Waals surface area contributed by atoms with Crippen molar-refractivity contribution in [1.29, 1.82) is 0 Å². The monoisotopic (exact) mass is 361 g/mol. The van der Waals surface area contributed by atoms with E-state index in [-0.39, 0.29) is 0 Å². The van der Waals surface area contributed by atoms with E-state index >= 15 is 0 Å². The summed E-state index contributed by atoms with van der Waals surface area (Å²) in [5.41, 5.74) is 1.19. The third kappa shape index (κ3) is 4.18. The lowest BCUT2D eigenvalue weighted by molar-refractivity contribution is 0.610. The highest BCUT2D eigenvalue weighted by molar-refractivity contribution is 14.1. The number of anilines is 1. The minimum atomic E-state index is 0.463. The summed E-state index contributed by atoms with van der Waals surface area (Å²) >= 11 is 8.29. The molecule has 1 aliphatic rings. The highest BCUT2D eigenvalue weighted by Gasteiger charge is 2.08. The second-order valence-corrected chi connectivity index (χ2v) is 6.04.